The van der Waals surface area contributed by atoms with Crippen molar-refractivity contribution in [3.63, 3.8) is 0 Å². The van der Waals surface area contributed by atoms with Crippen LogP contribution in [0.1, 0.15) is 84.0 Å². The summed E-state index contributed by atoms with van der Waals surface area (Å²) in [6.45, 7) is 2.18. The number of hydrogen-bond donors (Lipinski definition) is 2. The molecule has 2 atom stereocenters. The predicted molar refractivity (Wildman–Crippen MR) is 133 cm³/mol. The molecular formula is C25H31IO3S. The summed E-state index contributed by atoms with van der Waals surface area (Å²) >= 11 is 3.57. The molecule has 0 saturated carbocycles. The molecule has 0 bridgehead atoms. The van der Waals surface area contributed by atoms with Crippen LogP contribution in [0.5, 0.6) is 0 Å². The van der Waals surface area contributed by atoms with Crippen molar-refractivity contribution >= 4 is 45.5 Å². The van der Waals surface area contributed by atoms with E-state index in [0.29, 0.717) is 10.8 Å². The van der Waals surface area contributed by atoms with Crippen LogP contribution in [-0.4, -0.2) is 16.2 Å². The highest BCUT2D eigenvalue weighted by Crippen LogP contribution is 2.39. The quantitative estimate of drug-likeness (QED) is 0.178. The highest BCUT2D eigenvalue weighted by molar-refractivity contribution is 14.1. The number of thiophene rings is 1. The van der Waals surface area contributed by atoms with E-state index in [9.17, 15) is 9.90 Å². The van der Waals surface area contributed by atoms with Gasteiger partial charge in [-0.3, -0.25) is 0 Å². The summed E-state index contributed by atoms with van der Waals surface area (Å²) in [6, 6.07) is 12.2. The van der Waals surface area contributed by atoms with Gasteiger partial charge in [0.2, 0.25) is 0 Å². The molecule has 0 fully saturated rings. The molecule has 0 aliphatic heterocycles. The maximum absolute atomic E-state index is 11.0. The standard InChI is InChI=1S/C25H31IO3S/c1-2-3-4-17-25(26,29)20-13-11-19(12-14-20)22-10-6-8-18(22)7-5-9-21-15-16-23(30-21)24(27)28/h10-16,18,29H,2-9,17H2,1H3,(H,27,28)/t18-,25?/m0/s1. The molecule has 162 valence electrons. The fraction of sp³-hybridized carbons (Fsp3) is 0.480. The molecule has 0 saturated heterocycles. The Morgan fingerprint density at radius 3 is 2.60 bits per heavy atom. The summed E-state index contributed by atoms with van der Waals surface area (Å²) in [6.07, 6.45) is 12.0. The summed E-state index contributed by atoms with van der Waals surface area (Å²) in [5.41, 5.74) is 3.69. The first kappa shape index (κ1) is 23.5. The average molecular weight is 538 g/mol. The topological polar surface area (TPSA) is 57.5 Å². The number of aliphatic hydroxyl groups is 1. The Kier molecular flexibility index (Phi) is 8.54. The van der Waals surface area contributed by atoms with E-state index in [-0.39, 0.29) is 0 Å². The van der Waals surface area contributed by atoms with Gasteiger partial charge < -0.3 is 10.2 Å². The van der Waals surface area contributed by atoms with E-state index in [2.05, 4.69) is 59.9 Å². The third kappa shape index (κ3) is 6.17. The van der Waals surface area contributed by atoms with Crippen LogP contribution in [0.15, 0.2) is 42.5 Å². The summed E-state index contributed by atoms with van der Waals surface area (Å²) in [5, 5.41) is 19.9. The van der Waals surface area contributed by atoms with Gasteiger partial charge in [-0.15, -0.1) is 11.3 Å². The van der Waals surface area contributed by atoms with Crippen LogP contribution < -0.4 is 0 Å². The van der Waals surface area contributed by atoms with Crippen molar-refractivity contribution in [3.8, 4) is 0 Å². The molecule has 2 aromatic rings. The van der Waals surface area contributed by atoms with Crippen molar-refractivity contribution in [1.82, 2.24) is 0 Å². The van der Waals surface area contributed by atoms with Gasteiger partial charge >= 0.3 is 5.97 Å². The fourth-order valence-electron chi connectivity index (χ4n) is 4.24. The minimum Gasteiger partial charge on any atom is -0.477 e. The first-order valence-electron chi connectivity index (χ1n) is 10.9. The van der Waals surface area contributed by atoms with Gasteiger partial charge in [-0.1, -0.05) is 50.1 Å². The van der Waals surface area contributed by atoms with Gasteiger partial charge in [-0.25, -0.2) is 4.79 Å². The monoisotopic (exact) mass is 538 g/mol. The van der Waals surface area contributed by atoms with Gasteiger partial charge in [0.05, 0.1) is 0 Å². The van der Waals surface area contributed by atoms with E-state index in [4.69, 9.17) is 5.11 Å². The first-order valence-corrected chi connectivity index (χ1v) is 12.8. The number of rotatable bonds is 11. The van der Waals surface area contributed by atoms with E-state index in [0.717, 1.165) is 61.8 Å². The van der Waals surface area contributed by atoms with E-state index >= 15 is 0 Å². The maximum Gasteiger partial charge on any atom is 0.345 e. The van der Waals surface area contributed by atoms with Gasteiger partial charge in [0.1, 0.15) is 8.48 Å². The summed E-state index contributed by atoms with van der Waals surface area (Å²) in [7, 11) is 0. The van der Waals surface area contributed by atoms with Crippen molar-refractivity contribution in [2.45, 2.75) is 68.3 Å². The third-order valence-electron chi connectivity index (χ3n) is 5.94. The lowest BCUT2D eigenvalue weighted by atomic mass is 9.89. The molecular weight excluding hydrogens is 507 g/mol. The van der Waals surface area contributed by atoms with E-state index in [1.807, 2.05) is 6.07 Å². The molecule has 1 heterocycles. The van der Waals surface area contributed by atoms with Crippen molar-refractivity contribution in [3.05, 3.63) is 63.4 Å². The number of aryl methyl sites for hydroxylation is 1. The van der Waals surface area contributed by atoms with Crippen LogP contribution in [-0.2, 0) is 10.0 Å². The SMILES string of the molecule is CCCCCC(O)(I)c1ccc(C2=CCC[C@@H]2CCCc2ccc(C(=O)O)s2)cc1. The Bertz CT molecular complexity index is 867. The minimum atomic E-state index is -0.834. The van der Waals surface area contributed by atoms with Crippen molar-refractivity contribution in [2.75, 3.05) is 0 Å². The summed E-state index contributed by atoms with van der Waals surface area (Å²) in [4.78, 5) is 12.6. The number of benzene rings is 1. The normalized spacial score (nSPS) is 18.2. The molecule has 30 heavy (non-hydrogen) atoms. The highest BCUT2D eigenvalue weighted by Gasteiger charge is 2.26. The van der Waals surface area contributed by atoms with Crippen molar-refractivity contribution in [1.29, 1.82) is 0 Å². The Morgan fingerprint density at radius 2 is 1.93 bits per heavy atom. The first-order chi connectivity index (χ1) is 14.4. The molecule has 1 aliphatic rings. The van der Waals surface area contributed by atoms with Gasteiger partial charge in [0.15, 0.2) is 0 Å². The number of carboxylic acids is 1. The van der Waals surface area contributed by atoms with Crippen LogP contribution in [0.3, 0.4) is 0 Å². The molecule has 0 amide bonds. The zero-order valence-corrected chi connectivity index (χ0v) is 20.5. The zero-order chi connectivity index (χ0) is 21.6. The molecule has 0 radical (unpaired) electrons. The lowest BCUT2D eigenvalue weighted by molar-refractivity contribution is 0.0702. The van der Waals surface area contributed by atoms with Gasteiger partial charge in [0, 0.05) is 4.88 Å². The number of carbonyl (C=O) groups is 1. The second-order valence-electron chi connectivity index (χ2n) is 8.19. The highest BCUT2D eigenvalue weighted by atomic mass is 127. The van der Waals surface area contributed by atoms with Crippen molar-refractivity contribution < 1.29 is 15.0 Å². The fourth-order valence-corrected chi connectivity index (χ4v) is 5.87. The molecule has 0 spiro atoms. The Labute approximate surface area is 197 Å². The van der Waals surface area contributed by atoms with Crippen LogP contribution in [0.25, 0.3) is 5.57 Å². The van der Waals surface area contributed by atoms with E-state index < -0.39 is 9.58 Å². The average Bonchev–Trinajstić information content (AvgIpc) is 3.38. The lowest BCUT2D eigenvalue weighted by Gasteiger charge is -2.22. The number of alkyl halides is 1. The molecule has 3 nitrogen and oxygen atoms in total. The van der Waals surface area contributed by atoms with Gasteiger partial charge in [-0.2, -0.15) is 0 Å². The molecule has 1 aliphatic carbocycles. The van der Waals surface area contributed by atoms with E-state index in [1.165, 1.54) is 28.9 Å². The van der Waals surface area contributed by atoms with Crippen LogP contribution >= 0.6 is 33.9 Å². The molecule has 1 unspecified atom stereocenters. The Hall–Kier alpha value is -1.18. The molecule has 1 aromatic heterocycles. The molecule has 2 N–H and O–H groups in total. The zero-order valence-electron chi connectivity index (χ0n) is 17.6. The number of halogens is 1. The second-order valence-corrected chi connectivity index (χ2v) is 11.1. The number of aromatic carboxylic acids is 1. The number of carboxylic acid groups (broad SMARTS) is 1. The molecule has 5 heteroatoms. The second kappa shape index (κ2) is 10.9. The van der Waals surface area contributed by atoms with Crippen LogP contribution in [0.4, 0.5) is 0 Å². The van der Waals surface area contributed by atoms with Gasteiger partial charge in [0.25, 0.3) is 0 Å². The van der Waals surface area contributed by atoms with Gasteiger partial charge in [-0.05, 0) is 102 Å². The largest absolute Gasteiger partial charge is 0.477 e. The van der Waals surface area contributed by atoms with Crippen molar-refractivity contribution in [2.24, 2.45) is 5.92 Å². The smallest absolute Gasteiger partial charge is 0.345 e. The minimum absolute atomic E-state index is 0.427. The molecule has 1 aromatic carbocycles. The molecule has 3 rings (SSSR count). The van der Waals surface area contributed by atoms with Crippen LogP contribution in [0, 0.1) is 5.92 Å². The number of allylic oxidation sites excluding steroid dienone is 2. The van der Waals surface area contributed by atoms with Crippen LogP contribution in [0.2, 0.25) is 0 Å². The lowest BCUT2D eigenvalue weighted by Crippen LogP contribution is -2.16. The Balaban J connectivity index is 1.56. The number of hydrogen-bond acceptors (Lipinski definition) is 3. The number of unbranched alkanes of at least 4 members (excludes halogenated alkanes) is 2. The third-order valence-corrected chi connectivity index (χ3v) is 8.23. The maximum atomic E-state index is 11.0. The Morgan fingerprint density at radius 1 is 1.17 bits per heavy atom. The summed E-state index contributed by atoms with van der Waals surface area (Å²) < 4.78 is -0.787. The predicted octanol–water partition coefficient (Wildman–Crippen LogP) is 7.42. The summed E-state index contributed by atoms with van der Waals surface area (Å²) in [5.74, 6) is -0.266. The van der Waals surface area contributed by atoms with E-state index in [1.54, 1.807) is 6.07 Å².